The van der Waals surface area contributed by atoms with Gasteiger partial charge in [-0.3, -0.25) is 0 Å². The normalized spacial score (nSPS) is 14.3. The number of nitrogens with one attached hydrogen (secondary N) is 1. The van der Waals surface area contributed by atoms with Crippen molar-refractivity contribution < 1.29 is 5.11 Å². The standard InChI is InChI=1S/C40H54N4O/c1-8-9-10-11-12-13-14-15-16-17-24-40(6,45)39(4,5)37-35-23-22-33(43-35)26-32-19-18-30(41-32)25-31-20-21-34(42-31)27-36-28(2)29(3)38(37)44(36)7/h18-23,25-27,41,45H,8-17,24H2,1-7H3. The molecular weight excluding hydrogens is 552 g/mol. The summed E-state index contributed by atoms with van der Waals surface area (Å²) >= 11 is 0. The van der Waals surface area contributed by atoms with Crippen LogP contribution in [0.5, 0.6) is 0 Å². The van der Waals surface area contributed by atoms with Gasteiger partial charge in [0.25, 0.3) is 0 Å². The number of H-pyrrole nitrogens is 1. The fraction of sp³-hybridized carbons (Fsp3) is 0.500. The summed E-state index contributed by atoms with van der Waals surface area (Å²) in [7, 11) is 2.14. The van der Waals surface area contributed by atoms with E-state index in [-0.39, 0.29) is 0 Å². The van der Waals surface area contributed by atoms with E-state index < -0.39 is 11.0 Å². The predicted molar refractivity (Wildman–Crippen MR) is 193 cm³/mol. The van der Waals surface area contributed by atoms with E-state index in [0.717, 1.165) is 69.7 Å². The number of aliphatic hydroxyl groups is 1. The molecule has 5 nitrogen and oxygen atoms in total. The van der Waals surface area contributed by atoms with Crippen LogP contribution in [0.2, 0.25) is 0 Å². The van der Waals surface area contributed by atoms with Crippen LogP contribution in [0.3, 0.4) is 0 Å². The Morgan fingerprint density at radius 2 is 1.24 bits per heavy atom. The predicted octanol–water partition coefficient (Wildman–Crippen LogP) is 10.6. The third-order valence-corrected chi connectivity index (χ3v) is 10.4. The van der Waals surface area contributed by atoms with Crippen LogP contribution in [-0.4, -0.2) is 30.2 Å². The summed E-state index contributed by atoms with van der Waals surface area (Å²) in [5.74, 6) is 0. The largest absolute Gasteiger partial charge is 0.389 e. The fourth-order valence-electron chi connectivity index (χ4n) is 7.04. The highest BCUT2D eigenvalue weighted by molar-refractivity contribution is 5.84. The van der Waals surface area contributed by atoms with Gasteiger partial charge in [0.05, 0.1) is 33.9 Å². The quantitative estimate of drug-likeness (QED) is 0.131. The Kier molecular flexibility index (Phi) is 10.2. The molecule has 1 unspecified atom stereocenters. The molecule has 45 heavy (non-hydrogen) atoms. The van der Waals surface area contributed by atoms with Gasteiger partial charge in [0.15, 0.2) is 0 Å². The molecule has 0 aliphatic carbocycles. The molecule has 8 bridgehead atoms. The van der Waals surface area contributed by atoms with Gasteiger partial charge in [-0.1, -0.05) is 85.0 Å². The molecule has 5 rings (SSSR count). The van der Waals surface area contributed by atoms with Crippen molar-refractivity contribution in [3.63, 3.8) is 0 Å². The maximum absolute atomic E-state index is 12.3. The van der Waals surface area contributed by atoms with Gasteiger partial charge in [0.2, 0.25) is 0 Å². The molecule has 0 radical (unpaired) electrons. The van der Waals surface area contributed by atoms with Crippen molar-refractivity contribution in [2.45, 2.75) is 123 Å². The van der Waals surface area contributed by atoms with E-state index in [1.165, 1.54) is 62.5 Å². The van der Waals surface area contributed by atoms with Crippen LogP contribution in [0, 0.1) is 13.8 Å². The number of rotatable bonds is 13. The first kappa shape index (κ1) is 32.9. The zero-order valence-corrected chi connectivity index (χ0v) is 28.8. The zero-order valence-electron chi connectivity index (χ0n) is 28.8. The van der Waals surface area contributed by atoms with Crippen molar-refractivity contribution in [3.05, 3.63) is 69.8 Å². The molecule has 1 atom stereocenters. The lowest BCUT2D eigenvalue weighted by atomic mass is 9.68. The van der Waals surface area contributed by atoms with Crippen LogP contribution in [0.4, 0.5) is 0 Å². The summed E-state index contributed by atoms with van der Waals surface area (Å²) < 4.78 is 2.29. The second-order valence-electron chi connectivity index (χ2n) is 14.1. The molecule has 3 aromatic rings. The van der Waals surface area contributed by atoms with Crippen molar-refractivity contribution in [3.8, 4) is 0 Å². The summed E-state index contributed by atoms with van der Waals surface area (Å²) in [6, 6.07) is 10.5. The number of hydrogen-bond donors (Lipinski definition) is 2. The number of aromatic amines is 1. The van der Waals surface area contributed by atoms with Gasteiger partial charge in [0.1, 0.15) is 0 Å². The fourth-order valence-corrected chi connectivity index (χ4v) is 7.04. The summed E-state index contributed by atoms with van der Waals surface area (Å²) in [6.45, 7) is 13.1. The van der Waals surface area contributed by atoms with E-state index in [9.17, 15) is 5.11 Å². The van der Waals surface area contributed by atoms with Gasteiger partial charge in [-0.25, -0.2) is 9.97 Å². The minimum Gasteiger partial charge on any atom is -0.389 e. The van der Waals surface area contributed by atoms with Gasteiger partial charge in [-0.05, 0) is 93.0 Å². The zero-order chi connectivity index (χ0) is 32.2. The van der Waals surface area contributed by atoms with Crippen LogP contribution in [0.1, 0.15) is 138 Å². The minimum absolute atomic E-state index is 0.572. The average Bonchev–Trinajstić information content (AvgIpc) is 3.79. The van der Waals surface area contributed by atoms with Gasteiger partial charge in [0, 0.05) is 34.6 Å². The number of fused-ring (bicyclic) bond motifs is 8. The molecule has 0 spiro atoms. The molecule has 2 aliphatic rings. The Morgan fingerprint density at radius 3 is 1.87 bits per heavy atom. The van der Waals surface area contributed by atoms with E-state index in [2.05, 4.69) is 106 Å². The van der Waals surface area contributed by atoms with Gasteiger partial charge in [-0.2, -0.15) is 0 Å². The number of aryl methyl sites for hydroxylation is 3. The Labute approximate surface area is 270 Å². The van der Waals surface area contributed by atoms with Crippen molar-refractivity contribution >= 4 is 46.4 Å². The highest BCUT2D eigenvalue weighted by atomic mass is 16.3. The lowest BCUT2D eigenvalue weighted by Crippen LogP contribution is -2.46. The lowest BCUT2D eigenvalue weighted by Gasteiger charge is -2.41. The molecular formula is C40H54N4O. The maximum Gasteiger partial charge on any atom is 0.0712 e. The first-order valence-corrected chi connectivity index (χ1v) is 17.3. The Bertz CT molecular complexity index is 1730. The third-order valence-electron chi connectivity index (χ3n) is 10.4. The van der Waals surface area contributed by atoms with Crippen LogP contribution < -0.4 is 0 Å². The van der Waals surface area contributed by atoms with Crippen molar-refractivity contribution in [1.29, 1.82) is 0 Å². The maximum atomic E-state index is 12.3. The molecule has 0 saturated heterocycles. The van der Waals surface area contributed by atoms with Crippen molar-refractivity contribution in [2.75, 3.05) is 0 Å². The summed E-state index contributed by atoms with van der Waals surface area (Å²) in [4.78, 5) is 13.6. The van der Waals surface area contributed by atoms with Crippen molar-refractivity contribution in [2.24, 2.45) is 7.05 Å². The molecule has 240 valence electrons. The molecule has 2 N–H and O–H groups in total. The molecule has 0 fully saturated rings. The van der Waals surface area contributed by atoms with Gasteiger partial charge < -0.3 is 14.7 Å². The summed E-state index contributed by atoms with van der Waals surface area (Å²) in [6.07, 6.45) is 22.0. The topological polar surface area (TPSA) is 66.7 Å². The highest BCUT2D eigenvalue weighted by Gasteiger charge is 2.43. The number of nitrogens with zero attached hydrogens (tertiary/aromatic N) is 3. The Morgan fingerprint density at radius 1 is 0.711 bits per heavy atom. The Balaban J connectivity index is 1.54. The molecule has 0 aromatic carbocycles. The number of hydrogen-bond acceptors (Lipinski definition) is 3. The van der Waals surface area contributed by atoms with E-state index >= 15 is 0 Å². The molecule has 0 amide bonds. The monoisotopic (exact) mass is 606 g/mol. The van der Waals surface area contributed by atoms with Gasteiger partial charge >= 0.3 is 0 Å². The summed E-state index contributed by atoms with van der Waals surface area (Å²) in [5, 5.41) is 12.3. The second-order valence-corrected chi connectivity index (χ2v) is 14.1. The van der Waals surface area contributed by atoms with Crippen molar-refractivity contribution in [1.82, 2.24) is 19.5 Å². The van der Waals surface area contributed by atoms with Gasteiger partial charge in [-0.15, -0.1) is 0 Å². The lowest BCUT2D eigenvalue weighted by molar-refractivity contribution is -0.0180. The smallest absolute Gasteiger partial charge is 0.0712 e. The number of aromatic nitrogens is 4. The third kappa shape index (κ3) is 7.19. The van der Waals surface area contributed by atoms with Crippen LogP contribution in [0.25, 0.3) is 46.4 Å². The SMILES string of the molecule is CCCCCCCCCCCCC(C)(O)C(C)(C)c1c2nc(cc3ccc(cc4nc(cc5c(C)c(C)c1n5C)C=C4)[nH]3)C=C2. The van der Waals surface area contributed by atoms with E-state index in [1.807, 2.05) is 6.92 Å². The number of unbranched alkanes of at least 4 members (excludes halogenated alkanes) is 9. The highest BCUT2D eigenvalue weighted by Crippen LogP contribution is 2.44. The molecule has 3 aromatic heterocycles. The molecule has 0 saturated carbocycles. The Hall–Kier alpha value is -3.44. The van der Waals surface area contributed by atoms with E-state index in [1.54, 1.807) is 0 Å². The molecule has 5 heterocycles. The molecule has 2 aliphatic heterocycles. The van der Waals surface area contributed by atoms with E-state index in [0.29, 0.717) is 0 Å². The second kappa shape index (κ2) is 13.9. The van der Waals surface area contributed by atoms with E-state index in [4.69, 9.17) is 9.97 Å². The van der Waals surface area contributed by atoms with Crippen LogP contribution >= 0.6 is 0 Å². The molecule has 5 heteroatoms. The average molecular weight is 607 g/mol. The summed E-state index contributed by atoms with van der Waals surface area (Å²) in [5.41, 5.74) is 9.97. The minimum atomic E-state index is -0.924. The van der Waals surface area contributed by atoms with Crippen LogP contribution in [0.15, 0.2) is 30.3 Å². The first-order valence-electron chi connectivity index (χ1n) is 17.3. The first-order chi connectivity index (χ1) is 21.5. The van der Waals surface area contributed by atoms with Crippen LogP contribution in [-0.2, 0) is 12.5 Å².